The van der Waals surface area contributed by atoms with Gasteiger partial charge in [-0.15, -0.1) is 0 Å². The molecule has 0 amide bonds. The molecular weight excluding hydrogens is 248 g/mol. The number of ether oxygens (including phenoxy) is 3. The van der Waals surface area contributed by atoms with Crippen molar-refractivity contribution in [2.45, 2.75) is 72.3 Å². The van der Waals surface area contributed by atoms with Crippen LogP contribution in [-0.4, -0.2) is 29.4 Å². The third-order valence-corrected chi connectivity index (χ3v) is 2.37. The van der Waals surface area contributed by atoms with Gasteiger partial charge in [-0.05, 0) is 27.6 Å². The van der Waals surface area contributed by atoms with Crippen molar-refractivity contribution in [2.24, 2.45) is 5.41 Å². The van der Waals surface area contributed by atoms with Crippen LogP contribution in [0.3, 0.4) is 0 Å². The van der Waals surface area contributed by atoms with Gasteiger partial charge in [-0.3, -0.25) is 4.79 Å². The van der Waals surface area contributed by atoms with Crippen LogP contribution in [-0.2, 0) is 23.8 Å². The monoisotopic (exact) mass is 275 g/mol. The molecule has 0 N–H and O–H groups in total. The highest BCUT2D eigenvalue weighted by atomic mass is 16.8. The Labute approximate surface area is 118 Å². The molecule has 0 aromatic carbocycles. The summed E-state index contributed by atoms with van der Waals surface area (Å²) in [6, 6.07) is 0. The van der Waals surface area contributed by atoms with Gasteiger partial charge in [0, 0.05) is 9.53 Å². The Bertz CT molecular complexity index is 459. The van der Waals surface area contributed by atoms with Crippen LogP contribution in [0.2, 0.25) is 0 Å². The van der Waals surface area contributed by atoms with E-state index in [9.17, 15) is 9.59 Å². The minimum atomic E-state index is -2.85. The van der Waals surface area contributed by atoms with Gasteiger partial charge in [0.15, 0.2) is 5.60 Å². The molecule has 0 spiro atoms. The predicted molar refractivity (Wildman–Crippen MR) is 69.3 cm³/mol. The van der Waals surface area contributed by atoms with Crippen molar-refractivity contribution in [1.82, 2.24) is 0 Å². The summed E-state index contributed by atoms with van der Waals surface area (Å²) in [5.74, 6) is -1.88. The van der Waals surface area contributed by atoms with Crippen LogP contribution in [0.15, 0.2) is 0 Å². The highest BCUT2D eigenvalue weighted by molar-refractivity contribution is 5.86. The standard InChI is InChI=1S/C14H24O5/c1-12(2,3)11-17-10(16)14(7,19-11)8-9(15)18-13(4,5)6/h11H,8H2,1-7H3/t11-,14+/m1/s1/i7D3. The van der Waals surface area contributed by atoms with E-state index in [1.165, 1.54) is 0 Å². The normalized spacial score (nSPS) is 31.2. The maximum atomic E-state index is 12.2. The average molecular weight is 275 g/mol. The molecule has 1 saturated heterocycles. The van der Waals surface area contributed by atoms with Gasteiger partial charge in [0.25, 0.3) is 0 Å². The van der Waals surface area contributed by atoms with E-state index in [2.05, 4.69) is 0 Å². The molecule has 2 atom stereocenters. The van der Waals surface area contributed by atoms with Crippen molar-refractivity contribution >= 4 is 11.9 Å². The Balaban J connectivity index is 3.09. The van der Waals surface area contributed by atoms with E-state index in [1.807, 2.05) is 0 Å². The Hall–Kier alpha value is -1.10. The first-order chi connectivity index (χ1) is 9.58. The maximum absolute atomic E-state index is 12.2. The molecule has 0 aromatic rings. The first-order valence-corrected chi connectivity index (χ1v) is 6.19. The van der Waals surface area contributed by atoms with E-state index in [4.69, 9.17) is 18.3 Å². The van der Waals surface area contributed by atoms with Crippen molar-refractivity contribution in [3.05, 3.63) is 0 Å². The lowest BCUT2D eigenvalue weighted by atomic mass is 9.96. The molecule has 1 aliphatic rings. The van der Waals surface area contributed by atoms with Crippen LogP contribution in [0.4, 0.5) is 0 Å². The van der Waals surface area contributed by atoms with E-state index in [0.29, 0.717) is 0 Å². The molecule has 19 heavy (non-hydrogen) atoms. The largest absolute Gasteiger partial charge is 0.460 e. The smallest absolute Gasteiger partial charge is 0.341 e. The number of rotatable bonds is 2. The summed E-state index contributed by atoms with van der Waals surface area (Å²) in [5.41, 5.74) is -3.73. The number of hydrogen-bond donors (Lipinski definition) is 0. The molecule has 0 radical (unpaired) electrons. The summed E-state index contributed by atoms with van der Waals surface area (Å²) in [7, 11) is 0. The van der Waals surface area contributed by atoms with E-state index >= 15 is 0 Å². The number of carbonyl (C=O) groups excluding carboxylic acids is 2. The summed E-state index contributed by atoms with van der Waals surface area (Å²) < 4.78 is 38.5. The fraction of sp³-hybridized carbons (Fsp3) is 0.857. The Morgan fingerprint density at radius 3 is 2.32 bits per heavy atom. The quantitative estimate of drug-likeness (QED) is 0.724. The summed E-state index contributed by atoms with van der Waals surface area (Å²) in [6.45, 7) is 7.34. The highest BCUT2D eigenvalue weighted by Crippen LogP contribution is 2.36. The van der Waals surface area contributed by atoms with Crippen molar-refractivity contribution in [1.29, 1.82) is 0 Å². The summed E-state index contributed by atoms with van der Waals surface area (Å²) in [5, 5.41) is 0. The van der Waals surface area contributed by atoms with Crippen LogP contribution >= 0.6 is 0 Å². The molecule has 5 heteroatoms. The third-order valence-electron chi connectivity index (χ3n) is 2.37. The molecular formula is C14H24O5. The fourth-order valence-electron chi connectivity index (χ4n) is 1.50. The Morgan fingerprint density at radius 1 is 1.37 bits per heavy atom. The molecule has 0 aromatic heterocycles. The first-order valence-electron chi connectivity index (χ1n) is 7.69. The van der Waals surface area contributed by atoms with Gasteiger partial charge in [-0.2, -0.15) is 0 Å². The minimum absolute atomic E-state index is 0.614. The van der Waals surface area contributed by atoms with E-state index in [-0.39, 0.29) is 0 Å². The predicted octanol–water partition coefficient (Wildman–Crippen LogP) is 2.42. The van der Waals surface area contributed by atoms with Crippen LogP contribution < -0.4 is 0 Å². The minimum Gasteiger partial charge on any atom is -0.460 e. The fourth-order valence-corrected chi connectivity index (χ4v) is 1.50. The van der Waals surface area contributed by atoms with Gasteiger partial charge in [-0.1, -0.05) is 20.8 Å². The van der Waals surface area contributed by atoms with Crippen molar-refractivity contribution in [3.63, 3.8) is 0 Å². The lowest BCUT2D eigenvalue weighted by Crippen LogP contribution is -2.38. The van der Waals surface area contributed by atoms with E-state index in [0.717, 1.165) is 0 Å². The molecule has 1 fully saturated rings. The zero-order chi connectivity index (χ0) is 17.6. The van der Waals surface area contributed by atoms with Crippen LogP contribution in [0.1, 0.15) is 58.9 Å². The molecule has 5 nitrogen and oxygen atoms in total. The first kappa shape index (κ1) is 11.7. The molecule has 110 valence electrons. The summed E-state index contributed by atoms with van der Waals surface area (Å²) in [4.78, 5) is 24.2. The van der Waals surface area contributed by atoms with Gasteiger partial charge in [0.05, 0.1) is 6.42 Å². The summed E-state index contributed by atoms with van der Waals surface area (Å²) >= 11 is 0. The second-order valence-corrected chi connectivity index (χ2v) is 6.81. The van der Waals surface area contributed by atoms with Gasteiger partial charge >= 0.3 is 11.9 Å². The molecule has 0 aliphatic carbocycles. The Kier molecular flexibility index (Phi) is 2.94. The van der Waals surface area contributed by atoms with Crippen molar-refractivity contribution in [2.75, 3.05) is 0 Å². The second-order valence-electron chi connectivity index (χ2n) is 6.81. The van der Waals surface area contributed by atoms with Gasteiger partial charge < -0.3 is 14.2 Å². The molecule has 1 rings (SSSR count). The molecule has 0 unspecified atom stereocenters. The molecule has 1 aliphatic heterocycles. The number of esters is 2. The zero-order valence-corrected chi connectivity index (χ0v) is 12.3. The number of carbonyl (C=O) groups is 2. The third kappa shape index (κ3) is 4.20. The maximum Gasteiger partial charge on any atom is 0.341 e. The van der Waals surface area contributed by atoms with Gasteiger partial charge in [0.1, 0.15) is 5.60 Å². The number of hydrogen-bond acceptors (Lipinski definition) is 5. The van der Waals surface area contributed by atoms with Crippen molar-refractivity contribution < 1.29 is 27.9 Å². The lowest BCUT2D eigenvalue weighted by molar-refractivity contribution is -0.168. The topological polar surface area (TPSA) is 61.8 Å². The lowest BCUT2D eigenvalue weighted by Gasteiger charge is -2.27. The van der Waals surface area contributed by atoms with Gasteiger partial charge in [-0.25, -0.2) is 4.79 Å². The molecule has 0 saturated carbocycles. The number of cyclic esters (lactones) is 1. The van der Waals surface area contributed by atoms with E-state index in [1.54, 1.807) is 41.5 Å². The SMILES string of the molecule is [2H]C([2H])([2H])[C@@]1(CC(=O)OC(C)(C)C)O[C@H](C(C)(C)C)OC1=O. The van der Waals surface area contributed by atoms with Gasteiger partial charge in [0.2, 0.25) is 6.29 Å². The van der Waals surface area contributed by atoms with Crippen LogP contribution in [0.5, 0.6) is 0 Å². The van der Waals surface area contributed by atoms with E-state index < -0.39 is 48.1 Å². The molecule has 0 bridgehead atoms. The summed E-state index contributed by atoms with van der Waals surface area (Å²) in [6.07, 6.45) is -1.76. The van der Waals surface area contributed by atoms with Crippen LogP contribution in [0.25, 0.3) is 0 Å². The Morgan fingerprint density at radius 2 is 1.95 bits per heavy atom. The van der Waals surface area contributed by atoms with Crippen LogP contribution in [0, 0.1) is 5.41 Å². The molecule has 1 heterocycles. The average Bonchev–Trinajstić information content (AvgIpc) is 2.52. The second kappa shape index (κ2) is 4.78. The highest BCUT2D eigenvalue weighted by Gasteiger charge is 2.51. The zero-order valence-electron chi connectivity index (χ0n) is 15.3. The van der Waals surface area contributed by atoms with Crippen molar-refractivity contribution in [3.8, 4) is 0 Å².